The molecule has 0 aromatic rings. The summed E-state index contributed by atoms with van der Waals surface area (Å²) in [5, 5.41) is 17.7. The molecular weight excluding hydrogens is 171 g/mol. The van der Waals surface area contributed by atoms with Crippen LogP contribution in [-0.2, 0) is 0 Å². The molecule has 1 fully saturated rings. The molecule has 0 aliphatic heterocycles. The number of hydrogen-bond acceptors (Lipinski definition) is 3. The molecule has 3 nitrogen and oxygen atoms in total. The summed E-state index contributed by atoms with van der Waals surface area (Å²) in [4.78, 5) is 0. The van der Waals surface area contributed by atoms with Crippen LogP contribution in [0.4, 0.5) is 0 Å². The summed E-state index contributed by atoms with van der Waals surface area (Å²) in [7, 11) is 3.00. The minimum Gasteiger partial charge on any atom is -0.376 e. The van der Waals surface area contributed by atoms with Crippen LogP contribution in [0.3, 0.4) is 0 Å². The highest BCUT2D eigenvalue weighted by atomic mass is 31.0. The number of aliphatic hydroxyl groups excluding tert-OH is 1. The van der Waals surface area contributed by atoms with E-state index in [4.69, 9.17) is 5.26 Å². The van der Waals surface area contributed by atoms with Crippen molar-refractivity contribution in [2.24, 2.45) is 10.7 Å². The van der Waals surface area contributed by atoms with Crippen LogP contribution in [0.1, 0.15) is 25.7 Å². The van der Waals surface area contributed by atoms with Crippen molar-refractivity contribution in [3.8, 4) is 6.07 Å². The zero-order valence-electron chi connectivity index (χ0n) is 6.90. The molecule has 1 aliphatic carbocycles. The molecule has 66 valence electrons. The largest absolute Gasteiger partial charge is 0.376 e. The molecule has 4 heteroatoms. The molecule has 1 aliphatic rings. The lowest BCUT2D eigenvalue weighted by Gasteiger charge is -2.28. The lowest BCUT2D eigenvalue weighted by molar-refractivity contribution is 0.166. The number of hydrogen-bond donors (Lipinski definition) is 1. The van der Waals surface area contributed by atoms with Gasteiger partial charge in [0.1, 0.15) is 0 Å². The van der Waals surface area contributed by atoms with Crippen molar-refractivity contribution in [3.05, 3.63) is 0 Å². The maximum atomic E-state index is 9.20. The Bertz CT molecular complexity index is 198. The molecule has 1 saturated carbocycles. The van der Waals surface area contributed by atoms with Gasteiger partial charge in [-0.25, -0.2) is 0 Å². The van der Waals surface area contributed by atoms with Gasteiger partial charge in [0.2, 0.25) is 0 Å². The van der Waals surface area contributed by atoms with Crippen molar-refractivity contribution in [3.63, 3.8) is 0 Å². The van der Waals surface area contributed by atoms with E-state index in [0.717, 1.165) is 6.42 Å². The van der Waals surface area contributed by atoms with Gasteiger partial charge in [-0.2, -0.15) is 5.26 Å². The third-order valence-electron chi connectivity index (χ3n) is 2.46. The van der Waals surface area contributed by atoms with E-state index in [2.05, 4.69) is 13.8 Å². The number of nitriles is 1. The first-order chi connectivity index (χ1) is 5.77. The molecule has 0 bridgehead atoms. The van der Waals surface area contributed by atoms with E-state index < -0.39 is 6.10 Å². The summed E-state index contributed by atoms with van der Waals surface area (Å²) in [5.74, 6) is 0.665. The van der Waals surface area contributed by atoms with Crippen LogP contribution in [0.15, 0.2) is 4.74 Å². The van der Waals surface area contributed by atoms with Gasteiger partial charge in [0.25, 0.3) is 0 Å². The Hall–Kier alpha value is -0.450. The summed E-state index contributed by atoms with van der Waals surface area (Å²) in [5.41, 5.74) is 0. The summed E-state index contributed by atoms with van der Waals surface area (Å²) >= 11 is 0. The third-order valence-corrected chi connectivity index (χ3v) is 2.79. The monoisotopic (exact) mass is 184 g/mol. The van der Waals surface area contributed by atoms with Gasteiger partial charge in [-0.05, 0) is 21.4 Å². The maximum absolute atomic E-state index is 9.20. The summed E-state index contributed by atoms with van der Waals surface area (Å²) in [6.45, 7) is 0. The van der Waals surface area contributed by atoms with Crippen LogP contribution in [0, 0.1) is 17.2 Å². The van der Waals surface area contributed by atoms with Gasteiger partial charge in [0, 0.05) is 0 Å². The van der Waals surface area contributed by atoms with Crippen molar-refractivity contribution in [1.29, 1.82) is 5.26 Å². The highest BCUT2D eigenvalue weighted by molar-refractivity contribution is 7.04. The van der Waals surface area contributed by atoms with Crippen LogP contribution in [-0.4, -0.2) is 17.3 Å². The van der Waals surface area contributed by atoms with E-state index in [-0.39, 0.29) is 6.04 Å². The summed E-state index contributed by atoms with van der Waals surface area (Å²) < 4.78 is 3.81. The predicted molar refractivity (Wildman–Crippen MR) is 48.1 cm³/mol. The smallest absolute Gasteiger partial charge is 0.163 e. The van der Waals surface area contributed by atoms with Gasteiger partial charge in [0.15, 0.2) is 6.10 Å². The van der Waals surface area contributed by atoms with Crippen molar-refractivity contribution < 1.29 is 5.11 Å². The highest BCUT2D eigenvalue weighted by Gasteiger charge is 2.25. The molecule has 0 radical (unpaired) electrons. The number of rotatable bonds is 4. The Morgan fingerprint density at radius 2 is 2.33 bits per heavy atom. The van der Waals surface area contributed by atoms with E-state index in [1.165, 1.54) is 19.3 Å². The molecule has 0 saturated heterocycles. The summed E-state index contributed by atoms with van der Waals surface area (Å²) in [6, 6.07) is 1.55. The Morgan fingerprint density at radius 1 is 1.67 bits per heavy atom. The first kappa shape index (κ1) is 9.64. The van der Waals surface area contributed by atoms with Gasteiger partial charge < -0.3 is 5.11 Å². The van der Waals surface area contributed by atoms with Crippen LogP contribution >= 0.6 is 9.03 Å². The lowest BCUT2D eigenvalue weighted by atomic mass is 9.80. The predicted octanol–water partition coefficient (Wildman–Crippen LogP) is 1.76. The SMILES string of the molecule is N#CC(O)C(CC1CCC1)N=P. The van der Waals surface area contributed by atoms with Gasteiger partial charge in [0.05, 0.1) is 12.1 Å². The molecule has 0 heterocycles. The Morgan fingerprint density at radius 3 is 2.67 bits per heavy atom. The molecule has 2 unspecified atom stereocenters. The second kappa shape index (κ2) is 4.54. The minimum absolute atomic E-state index is 0.253. The first-order valence-corrected chi connectivity index (χ1v) is 4.67. The minimum atomic E-state index is -0.955. The lowest BCUT2D eigenvalue weighted by Crippen LogP contribution is -2.27. The molecule has 0 aromatic heterocycles. The Balaban J connectivity index is 2.34. The highest BCUT2D eigenvalue weighted by Crippen LogP contribution is 2.32. The maximum Gasteiger partial charge on any atom is 0.163 e. The van der Waals surface area contributed by atoms with Crippen LogP contribution in [0.2, 0.25) is 0 Å². The zero-order chi connectivity index (χ0) is 8.97. The van der Waals surface area contributed by atoms with Gasteiger partial charge in [-0.1, -0.05) is 19.3 Å². The molecule has 2 atom stereocenters. The molecule has 12 heavy (non-hydrogen) atoms. The van der Waals surface area contributed by atoms with Crippen molar-refractivity contribution in [1.82, 2.24) is 0 Å². The molecule has 0 amide bonds. The number of nitrogens with zero attached hydrogens (tertiary/aromatic N) is 2. The van der Waals surface area contributed by atoms with Crippen LogP contribution < -0.4 is 0 Å². The van der Waals surface area contributed by atoms with E-state index in [1.807, 2.05) is 0 Å². The third kappa shape index (κ3) is 2.27. The molecule has 0 spiro atoms. The van der Waals surface area contributed by atoms with Gasteiger partial charge in [-0.3, -0.25) is 4.74 Å². The Labute approximate surface area is 74.7 Å². The Kier molecular flexibility index (Phi) is 3.65. The number of aliphatic hydroxyl groups is 1. The van der Waals surface area contributed by atoms with Crippen molar-refractivity contribution in [2.75, 3.05) is 0 Å². The van der Waals surface area contributed by atoms with Crippen LogP contribution in [0.5, 0.6) is 0 Å². The summed E-state index contributed by atoms with van der Waals surface area (Å²) in [6.07, 6.45) is 3.59. The fourth-order valence-corrected chi connectivity index (χ4v) is 1.65. The van der Waals surface area contributed by atoms with Gasteiger partial charge in [-0.15, -0.1) is 0 Å². The van der Waals surface area contributed by atoms with Gasteiger partial charge >= 0.3 is 0 Å². The fraction of sp³-hybridized carbons (Fsp3) is 0.875. The topological polar surface area (TPSA) is 56.4 Å². The van der Waals surface area contributed by atoms with Crippen molar-refractivity contribution >= 4 is 9.03 Å². The average Bonchev–Trinajstić information content (AvgIpc) is 2.02. The van der Waals surface area contributed by atoms with E-state index >= 15 is 0 Å². The molecular formula is C8H13N2OP. The molecule has 1 rings (SSSR count). The standard InChI is InChI=1S/C8H13N2OP/c9-5-8(11)7(10-12)4-6-2-1-3-6/h6-8,11-12H,1-4H2. The van der Waals surface area contributed by atoms with Crippen LogP contribution in [0.25, 0.3) is 0 Å². The fourth-order valence-electron chi connectivity index (χ4n) is 1.41. The van der Waals surface area contributed by atoms with E-state index in [1.54, 1.807) is 6.07 Å². The van der Waals surface area contributed by atoms with Crippen molar-refractivity contribution in [2.45, 2.75) is 37.8 Å². The quantitative estimate of drug-likeness (QED) is 0.534. The average molecular weight is 184 g/mol. The zero-order valence-corrected chi connectivity index (χ0v) is 7.90. The normalized spacial score (nSPS) is 22.0. The second-order valence-electron chi connectivity index (χ2n) is 3.30. The molecule has 1 N–H and O–H groups in total. The molecule has 0 aromatic carbocycles. The van der Waals surface area contributed by atoms with E-state index in [9.17, 15) is 5.11 Å². The first-order valence-electron chi connectivity index (χ1n) is 4.22. The second-order valence-corrected chi connectivity index (χ2v) is 3.56. The van der Waals surface area contributed by atoms with E-state index in [0.29, 0.717) is 5.92 Å².